The van der Waals surface area contributed by atoms with Gasteiger partial charge >= 0.3 is 0 Å². The molecule has 1 aromatic carbocycles. The molecule has 2 saturated heterocycles. The minimum Gasteiger partial charge on any atom is -0.317 e. The molecule has 0 saturated carbocycles. The SMILES string of the molecule is c1ccc(CCCN2CCN(CC3CCNCC3)CC2)cc1. The summed E-state index contributed by atoms with van der Waals surface area (Å²) in [5, 5.41) is 3.47. The van der Waals surface area contributed by atoms with E-state index in [-0.39, 0.29) is 0 Å². The summed E-state index contributed by atoms with van der Waals surface area (Å²) >= 11 is 0. The molecule has 3 rings (SSSR count). The van der Waals surface area contributed by atoms with Crippen LogP contribution in [-0.2, 0) is 6.42 Å². The summed E-state index contributed by atoms with van der Waals surface area (Å²) in [5.41, 5.74) is 1.48. The molecule has 0 amide bonds. The van der Waals surface area contributed by atoms with Crippen LogP contribution in [0.4, 0.5) is 0 Å². The van der Waals surface area contributed by atoms with Gasteiger partial charge in [0.05, 0.1) is 0 Å². The van der Waals surface area contributed by atoms with Gasteiger partial charge in [0, 0.05) is 32.7 Å². The Bertz CT molecular complexity index is 406. The summed E-state index contributed by atoms with van der Waals surface area (Å²) in [7, 11) is 0. The number of benzene rings is 1. The third kappa shape index (κ3) is 5.08. The van der Waals surface area contributed by atoms with Gasteiger partial charge in [0.25, 0.3) is 0 Å². The van der Waals surface area contributed by atoms with Crippen molar-refractivity contribution in [3.05, 3.63) is 35.9 Å². The first-order valence-electron chi connectivity index (χ1n) is 9.09. The summed E-state index contributed by atoms with van der Waals surface area (Å²) < 4.78 is 0. The highest BCUT2D eigenvalue weighted by Crippen LogP contribution is 2.15. The molecule has 1 aromatic rings. The lowest BCUT2D eigenvalue weighted by molar-refractivity contribution is 0.110. The van der Waals surface area contributed by atoms with Crippen LogP contribution in [0.25, 0.3) is 0 Å². The topological polar surface area (TPSA) is 18.5 Å². The second-order valence-electron chi connectivity index (χ2n) is 6.92. The highest BCUT2D eigenvalue weighted by molar-refractivity contribution is 5.14. The average Bonchev–Trinajstić information content (AvgIpc) is 2.58. The Morgan fingerprint density at radius 1 is 0.909 bits per heavy atom. The second kappa shape index (κ2) is 8.66. The van der Waals surface area contributed by atoms with Crippen LogP contribution in [0.15, 0.2) is 30.3 Å². The normalized spacial score (nSPS) is 22.0. The molecule has 2 aliphatic rings. The largest absolute Gasteiger partial charge is 0.317 e. The van der Waals surface area contributed by atoms with E-state index in [1.165, 1.54) is 83.6 Å². The molecular formula is C19H31N3. The van der Waals surface area contributed by atoms with Crippen molar-refractivity contribution in [1.82, 2.24) is 15.1 Å². The van der Waals surface area contributed by atoms with Crippen LogP contribution in [0.3, 0.4) is 0 Å². The predicted molar refractivity (Wildman–Crippen MR) is 93.2 cm³/mol. The number of piperidine rings is 1. The van der Waals surface area contributed by atoms with Crippen LogP contribution < -0.4 is 5.32 Å². The van der Waals surface area contributed by atoms with Crippen LogP contribution >= 0.6 is 0 Å². The van der Waals surface area contributed by atoms with Crippen molar-refractivity contribution in [3.8, 4) is 0 Å². The smallest absolute Gasteiger partial charge is 0.0110 e. The Labute approximate surface area is 135 Å². The number of rotatable bonds is 6. The Kier molecular flexibility index (Phi) is 6.29. The molecule has 0 radical (unpaired) electrons. The Hall–Kier alpha value is -0.900. The molecule has 0 bridgehead atoms. The van der Waals surface area contributed by atoms with Crippen LogP contribution in [0, 0.1) is 5.92 Å². The van der Waals surface area contributed by atoms with Gasteiger partial charge in [0.15, 0.2) is 0 Å². The second-order valence-corrected chi connectivity index (χ2v) is 6.92. The fourth-order valence-electron chi connectivity index (χ4n) is 3.78. The van der Waals surface area contributed by atoms with Crippen molar-refractivity contribution in [1.29, 1.82) is 0 Å². The van der Waals surface area contributed by atoms with Crippen LogP contribution in [-0.4, -0.2) is 62.2 Å². The number of piperazine rings is 1. The molecule has 2 aliphatic heterocycles. The van der Waals surface area contributed by atoms with E-state index in [1.807, 2.05) is 0 Å². The molecule has 2 fully saturated rings. The van der Waals surface area contributed by atoms with Crippen molar-refractivity contribution >= 4 is 0 Å². The number of aryl methyl sites for hydroxylation is 1. The van der Waals surface area contributed by atoms with Gasteiger partial charge in [-0.25, -0.2) is 0 Å². The van der Waals surface area contributed by atoms with Crippen molar-refractivity contribution in [2.45, 2.75) is 25.7 Å². The number of nitrogens with zero attached hydrogens (tertiary/aromatic N) is 2. The zero-order chi connectivity index (χ0) is 15.0. The Morgan fingerprint density at radius 2 is 1.59 bits per heavy atom. The average molecular weight is 301 g/mol. The van der Waals surface area contributed by atoms with Crippen molar-refractivity contribution < 1.29 is 0 Å². The minimum atomic E-state index is 0.936. The minimum absolute atomic E-state index is 0.936. The summed E-state index contributed by atoms with van der Waals surface area (Å²) in [4.78, 5) is 5.35. The monoisotopic (exact) mass is 301 g/mol. The first kappa shape index (κ1) is 16.0. The molecule has 3 nitrogen and oxygen atoms in total. The van der Waals surface area contributed by atoms with E-state index in [2.05, 4.69) is 45.4 Å². The molecule has 122 valence electrons. The highest BCUT2D eigenvalue weighted by Gasteiger charge is 2.20. The zero-order valence-corrected chi connectivity index (χ0v) is 13.8. The van der Waals surface area contributed by atoms with Gasteiger partial charge in [-0.3, -0.25) is 0 Å². The zero-order valence-electron chi connectivity index (χ0n) is 13.8. The van der Waals surface area contributed by atoms with Gasteiger partial charge in [-0.2, -0.15) is 0 Å². The maximum Gasteiger partial charge on any atom is 0.0110 e. The number of hydrogen-bond acceptors (Lipinski definition) is 3. The van der Waals surface area contributed by atoms with Crippen LogP contribution in [0.2, 0.25) is 0 Å². The van der Waals surface area contributed by atoms with Gasteiger partial charge < -0.3 is 15.1 Å². The lowest BCUT2D eigenvalue weighted by atomic mass is 9.97. The van der Waals surface area contributed by atoms with Crippen LogP contribution in [0.1, 0.15) is 24.8 Å². The van der Waals surface area contributed by atoms with E-state index in [1.54, 1.807) is 0 Å². The molecule has 0 spiro atoms. The Balaban J connectivity index is 1.30. The van der Waals surface area contributed by atoms with Crippen molar-refractivity contribution in [2.24, 2.45) is 5.92 Å². The lowest BCUT2D eigenvalue weighted by Gasteiger charge is -2.37. The molecule has 3 heteroatoms. The highest BCUT2D eigenvalue weighted by atomic mass is 15.3. The molecule has 0 atom stereocenters. The quantitative estimate of drug-likeness (QED) is 0.869. The summed E-state index contributed by atoms with van der Waals surface area (Å²) in [6.07, 6.45) is 5.25. The molecule has 2 heterocycles. The van der Waals surface area contributed by atoms with E-state index in [0.717, 1.165) is 5.92 Å². The summed E-state index contributed by atoms with van der Waals surface area (Å²) in [6.45, 7) is 10.1. The van der Waals surface area contributed by atoms with Crippen molar-refractivity contribution in [3.63, 3.8) is 0 Å². The third-order valence-corrected chi connectivity index (χ3v) is 5.22. The van der Waals surface area contributed by atoms with E-state index in [0.29, 0.717) is 0 Å². The molecule has 22 heavy (non-hydrogen) atoms. The molecule has 0 unspecified atom stereocenters. The van der Waals surface area contributed by atoms with E-state index in [9.17, 15) is 0 Å². The van der Waals surface area contributed by atoms with Gasteiger partial charge in [0.2, 0.25) is 0 Å². The first-order valence-corrected chi connectivity index (χ1v) is 9.09. The van der Waals surface area contributed by atoms with Crippen LogP contribution in [0.5, 0.6) is 0 Å². The van der Waals surface area contributed by atoms with Gasteiger partial charge in [-0.15, -0.1) is 0 Å². The van der Waals surface area contributed by atoms with Crippen molar-refractivity contribution in [2.75, 3.05) is 52.4 Å². The van der Waals surface area contributed by atoms with E-state index < -0.39 is 0 Å². The summed E-state index contributed by atoms with van der Waals surface area (Å²) in [6, 6.07) is 10.9. The molecule has 1 N–H and O–H groups in total. The molecule has 0 aromatic heterocycles. The standard InChI is InChI=1S/C19H31N3/c1-2-5-18(6-3-1)7-4-12-21-13-15-22(16-14-21)17-19-8-10-20-11-9-19/h1-3,5-6,19-20H,4,7-17H2. The van der Waals surface area contributed by atoms with E-state index in [4.69, 9.17) is 0 Å². The fraction of sp³-hybridized carbons (Fsp3) is 0.684. The number of nitrogens with one attached hydrogen (secondary N) is 1. The third-order valence-electron chi connectivity index (χ3n) is 5.22. The Morgan fingerprint density at radius 3 is 2.32 bits per heavy atom. The number of hydrogen-bond donors (Lipinski definition) is 1. The van der Waals surface area contributed by atoms with Gasteiger partial charge in [-0.05, 0) is 56.8 Å². The maximum absolute atomic E-state index is 3.47. The fourth-order valence-corrected chi connectivity index (χ4v) is 3.78. The lowest BCUT2D eigenvalue weighted by Crippen LogP contribution is -2.48. The maximum atomic E-state index is 3.47. The van der Waals surface area contributed by atoms with Gasteiger partial charge in [-0.1, -0.05) is 30.3 Å². The summed E-state index contributed by atoms with van der Waals surface area (Å²) in [5.74, 6) is 0.936. The van der Waals surface area contributed by atoms with E-state index >= 15 is 0 Å². The predicted octanol–water partition coefficient (Wildman–Crippen LogP) is 2.24. The molecule has 0 aliphatic carbocycles. The first-order chi connectivity index (χ1) is 10.9. The van der Waals surface area contributed by atoms with Gasteiger partial charge in [0.1, 0.15) is 0 Å². The molecular weight excluding hydrogens is 270 g/mol.